The van der Waals surface area contributed by atoms with Crippen LogP contribution in [0.25, 0.3) is 0 Å². The number of sulfone groups is 1. The van der Waals surface area contributed by atoms with Gasteiger partial charge in [-0.1, -0.05) is 78.9 Å². The second-order valence-electron chi connectivity index (χ2n) is 7.00. The third-order valence-corrected chi connectivity index (χ3v) is 7.32. The Balaban J connectivity index is 1.74. The normalized spacial score (nSPS) is 19.7. The van der Waals surface area contributed by atoms with Gasteiger partial charge in [-0.2, -0.15) is 0 Å². The van der Waals surface area contributed by atoms with Gasteiger partial charge in [0.2, 0.25) is 5.91 Å². The Kier molecular flexibility index (Phi) is 5.01. The van der Waals surface area contributed by atoms with Crippen LogP contribution in [0, 0.1) is 0 Å². The lowest BCUT2D eigenvalue weighted by atomic mass is 9.98. The Morgan fingerprint density at radius 3 is 1.93 bits per heavy atom. The molecular formula is C23H21NO3S. The van der Waals surface area contributed by atoms with Crippen LogP contribution < -0.4 is 0 Å². The molecule has 1 aliphatic heterocycles. The van der Waals surface area contributed by atoms with Crippen LogP contribution in [0.4, 0.5) is 0 Å². The standard InChI is InChI=1S/C23H21NO3S/c25-23-22(28(26,27)20-14-8-3-9-15-20)21(19-12-6-2-7-13-19)17-24(23)16-18-10-4-1-5-11-18/h1-15,21-22H,16-17H2/t21-,22-/m0/s1. The van der Waals surface area contributed by atoms with Crippen molar-refractivity contribution in [3.63, 3.8) is 0 Å². The molecule has 142 valence electrons. The van der Waals surface area contributed by atoms with Crippen molar-refractivity contribution in [1.29, 1.82) is 0 Å². The van der Waals surface area contributed by atoms with Gasteiger partial charge in [0.15, 0.2) is 15.1 Å². The summed E-state index contributed by atoms with van der Waals surface area (Å²) in [6.45, 7) is 0.790. The second-order valence-corrected chi connectivity index (χ2v) is 9.07. The van der Waals surface area contributed by atoms with E-state index in [1.165, 1.54) is 0 Å². The molecule has 1 heterocycles. The first-order valence-corrected chi connectivity index (χ1v) is 10.8. The fraction of sp³-hybridized carbons (Fsp3) is 0.174. The number of hydrogen-bond acceptors (Lipinski definition) is 3. The minimum absolute atomic E-state index is 0.191. The smallest absolute Gasteiger partial charge is 0.242 e. The van der Waals surface area contributed by atoms with E-state index in [9.17, 15) is 13.2 Å². The lowest BCUT2D eigenvalue weighted by Gasteiger charge is -2.17. The average molecular weight is 391 g/mol. The van der Waals surface area contributed by atoms with Crippen molar-refractivity contribution < 1.29 is 13.2 Å². The van der Waals surface area contributed by atoms with Crippen molar-refractivity contribution in [2.45, 2.75) is 22.6 Å². The van der Waals surface area contributed by atoms with Gasteiger partial charge in [0.05, 0.1) is 4.90 Å². The highest BCUT2D eigenvalue weighted by Crippen LogP contribution is 2.36. The molecule has 1 aliphatic rings. The summed E-state index contributed by atoms with van der Waals surface area (Å²) < 4.78 is 26.8. The maximum atomic E-state index is 13.4. The van der Waals surface area contributed by atoms with Gasteiger partial charge < -0.3 is 4.90 Å². The maximum Gasteiger partial charge on any atom is 0.242 e. The molecule has 4 nitrogen and oxygen atoms in total. The van der Waals surface area contributed by atoms with Gasteiger partial charge in [-0.15, -0.1) is 0 Å². The largest absolute Gasteiger partial charge is 0.337 e. The first kappa shape index (κ1) is 18.4. The minimum Gasteiger partial charge on any atom is -0.337 e. The molecule has 1 amide bonds. The number of carbonyl (C=O) groups is 1. The van der Waals surface area contributed by atoms with Crippen LogP contribution in [0.15, 0.2) is 95.9 Å². The Hall–Kier alpha value is -2.92. The van der Waals surface area contributed by atoms with Crippen molar-refractivity contribution in [3.8, 4) is 0 Å². The molecule has 3 aromatic carbocycles. The summed E-state index contributed by atoms with van der Waals surface area (Å²) in [7, 11) is -3.80. The van der Waals surface area contributed by atoms with Crippen LogP contribution in [0.1, 0.15) is 17.0 Å². The molecule has 0 unspecified atom stereocenters. The van der Waals surface area contributed by atoms with Gasteiger partial charge in [-0.25, -0.2) is 8.42 Å². The summed E-state index contributed by atoms with van der Waals surface area (Å²) >= 11 is 0. The summed E-state index contributed by atoms with van der Waals surface area (Å²) in [6.07, 6.45) is 0. The van der Waals surface area contributed by atoms with Crippen LogP contribution in [0.2, 0.25) is 0 Å². The SMILES string of the molecule is O=C1[C@@H](S(=O)(=O)c2ccccc2)[C@H](c2ccccc2)CN1Cc1ccccc1. The molecule has 0 N–H and O–H groups in total. The first-order chi connectivity index (χ1) is 13.6. The lowest BCUT2D eigenvalue weighted by molar-refractivity contribution is -0.127. The van der Waals surface area contributed by atoms with Crippen LogP contribution in [-0.2, 0) is 21.2 Å². The van der Waals surface area contributed by atoms with Crippen LogP contribution >= 0.6 is 0 Å². The topological polar surface area (TPSA) is 54.5 Å². The molecule has 0 spiro atoms. The zero-order valence-electron chi connectivity index (χ0n) is 15.3. The van der Waals surface area contributed by atoms with Gasteiger partial charge in [0.1, 0.15) is 0 Å². The summed E-state index contributed by atoms with van der Waals surface area (Å²) in [5, 5.41) is -1.11. The number of amides is 1. The van der Waals surface area contributed by atoms with Crippen molar-refractivity contribution in [2.75, 3.05) is 6.54 Å². The molecular weight excluding hydrogens is 370 g/mol. The Labute approximate surface area is 165 Å². The Morgan fingerprint density at radius 1 is 0.786 bits per heavy atom. The highest BCUT2D eigenvalue weighted by atomic mass is 32.2. The molecule has 0 aliphatic carbocycles. The molecule has 5 heteroatoms. The number of rotatable bonds is 5. The molecule has 0 saturated carbocycles. The Morgan fingerprint density at radius 2 is 1.32 bits per heavy atom. The summed E-state index contributed by atoms with van der Waals surface area (Å²) in [4.78, 5) is 15.1. The Bertz CT molecular complexity index is 1050. The first-order valence-electron chi connectivity index (χ1n) is 9.24. The number of benzene rings is 3. The zero-order valence-corrected chi connectivity index (χ0v) is 16.1. The highest BCUT2D eigenvalue weighted by Gasteiger charge is 2.49. The van der Waals surface area contributed by atoms with E-state index in [0.29, 0.717) is 13.1 Å². The fourth-order valence-electron chi connectivity index (χ4n) is 3.81. The molecule has 0 bridgehead atoms. The second kappa shape index (κ2) is 7.60. The molecule has 0 aromatic heterocycles. The van der Waals surface area contributed by atoms with Crippen LogP contribution in [-0.4, -0.2) is 31.0 Å². The summed E-state index contributed by atoms with van der Waals surface area (Å²) in [6, 6.07) is 27.4. The monoisotopic (exact) mass is 391 g/mol. The minimum atomic E-state index is -3.80. The molecule has 1 fully saturated rings. The molecule has 1 saturated heterocycles. The maximum absolute atomic E-state index is 13.4. The van der Waals surface area contributed by atoms with E-state index in [4.69, 9.17) is 0 Å². The number of hydrogen-bond donors (Lipinski definition) is 0. The van der Waals surface area contributed by atoms with E-state index in [1.807, 2.05) is 60.7 Å². The molecule has 28 heavy (non-hydrogen) atoms. The molecule has 4 rings (SSSR count). The van der Waals surface area contributed by atoms with E-state index in [2.05, 4.69) is 0 Å². The van der Waals surface area contributed by atoms with Gasteiger partial charge in [0, 0.05) is 19.0 Å². The van der Waals surface area contributed by atoms with Gasteiger partial charge in [-0.05, 0) is 23.3 Å². The third kappa shape index (κ3) is 3.45. The fourth-order valence-corrected chi connectivity index (χ4v) is 5.73. The summed E-state index contributed by atoms with van der Waals surface area (Å²) in [5.74, 6) is -0.732. The predicted octanol–water partition coefficient (Wildman–Crippen LogP) is 3.66. The third-order valence-electron chi connectivity index (χ3n) is 5.19. The quantitative estimate of drug-likeness (QED) is 0.667. The van der Waals surface area contributed by atoms with Crippen molar-refractivity contribution in [3.05, 3.63) is 102 Å². The molecule has 3 aromatic rings. The number of likely N-dealkylation sites (tertiary alicyclic amines) is 1. The van der Waals surface area contributed by atoms with Crippen molar-refractivity contribution >= 4 is 15.7 Å². The zero-order chi connectivity index (χ0) is 19.6. The van der Waals surface area contributed by atoms with Crippen LogP contribution in [0.5, 0.6) is 0 Å². The lowest BCUT2D eigenvalue weighted by Crippen LogP contribution is -2.35. The van der Waals surface area contributed by atoms with Crippen molar-refractivity contribution in [1.82, 2.24) is 4.90 Å². The van der Waals surface area contributed by atoms with E-state index in [0.717, 1.165) is 11.1 Å². The van der Waals surface area contributed by atoms with E-state index in [1.54, 1.807) is 35.2 Å². The van der Waals surface area contributed by atoms with E-state index in [-0.39, 0.29) is 10.8 Å². The number of nitrogens with zero attached hydrogens (tertiary/aromatic N) is 1. The average Bonchev–Trinajstić information content (AvgIpc) is 3.07. The molecule has 0 radical (unpaired) electrons. The van der Waals surface area contributed by atoms with Gasteiger partial charge >= 0.3 is 0 Å². The van der Waals surface area contributed by atoms with Gasteiger partial charge in [-0.3, -0.25) is 4.79 Å². The van der Waals surface area contributed by atoms with E-state index < -0.39 is 21.0 Å². The predicted molar refractivity (Wildman–Crippen MR) is 108 cm³/mol. The summed E-state index contributed by atoms with van der Waals surface area (Å²) in [5.41, 5.74) is 1.86. The van der Waals surface area contributed by atoms with E-state index >= 15 is 0 Å². The van der Waals surface area contributed by atoms with Gasteiger partial charge in [0.25, 0.3) is 0 Å². The van der Waals surface area contributed by atoms with Crippen molar-refractivity contribution in [2.24, 2.45) is 0 Å². The number of carbonyl (C=O) groups excluding carboxylic acids is 1. The van der Waals surface area contributed by atoms with Crippen LogP contribution in [0.3, 0.4) is 0 Å². The molecule has 2 atom stereocenters. The highest BCUT2D eigenvalue weighted by molar-refractivity contribution is 7.92.